The fourth-order valence-electron chi connectivity index (χ4n) is 2.10. The molecule has 1 aromatic carbocycles. The maximum absolute atomic E-state index is 12.8. The van der Waals surface area contributed by atoms with Crippen LogP contribution in [0.15, 0.2) is 40.5 Å². The van der Waals surface area contributed by atoms with E-state index in [0.29, 0.717) is 12.3 Å². The summed E-state index contributed by atoms with van der Waals surface area (Å²) in [5, 5.41) is 2.79. The van der Waals surface area contributed by atoms with Crippen LogP contribution < -0.4 is 10.1 Å². The molecule has 0 spiro atoms. The number of nitrogens with one attached hydrogen (secondary N) is 1. The van der Waals surface area contributed by atoms with Crippen LogP contribution in [0, 0.1) is 12.7 Å². The van der Waals surface area contributed by atoms with Crippen LogP contribution >= 0.6 is 11.3 Å². The van der Waals surface area contributed by atoms with Crippen molar-refractivity contribution in [2.75, 3.05) is 6.54 Å². The monoisotopic (exact) mass is 361 g/mol. The minimum Gasteiger partial charge on any atom is -0.484 e. The van der Waals surface area contributed by atoms with E-state index >= 15 is 0 Å². The van der Waals surface area contributed by atoms with Gasteiger partial charge in [0.2, 0.25) is 5.89 Å². The van der Waals surface area contributed by atoms with Crippen LogP contribution in [0.1, 0.15) is 27.0 Å². The Kier molecular flexibility index (Phi) is 5.39. The predicted molar refractivity (Wildman–Crippen MR) is 90.1 cm³/mol. The van der Waals surface area contributed by atoms with Gasteiger partial charge >= 0.3 is 0 Å². The molecule has 130 valence electrons. The fourth-order valence-corrected chi connectivity index (χ4v) is 2.88. The Morgan fingerprint density at radius 2 is 2.16 bits per heavy atom. The van der Waals surface area contributed by atoms with E-state index in [0.717, 1.165) is 17.0 Å². The van der Waals surface area contributed by atoms with Gasteiger partial charge in [0.1, 0.15) is 17.8 Å². The van der Waals surface area contributed by atoms with Gasteiger partial charge < -0.3 is 14.5 Å². The summed E-state index contributed by atoms with van der Waals surface area (Å²) in [6.07, 6.45) is 2.01. The standard InChI is InChI=1S/C17H16FN3O3S/c1-11-15(25-10-20-11)6-7-19-17(22)14-8-24-16(21-14)9-23-13-4-2-12(18)3-5-13/h2-5,8,10H,6-7,9H2,1H3,(H,19,22). The maximum atomic E-state index is 12.8. The smallest absolute Gasteiger partial charge is 0.273 e. The van der Waals surface area contributed by atoms with Crippen LogP contribution in [0.2, 0.25) is 0 Å². The number of aryl methyl sites for hydroxylation is 1. The van der Waals surface area contributed by atoms with Crippen molar-refractivity contribution >= 4 is 17.2 Å². The van der Waals surface area contributed by atoms with Crippen molar-refractivity contribution in [3.63, 3.8) is 0 Å². The molecule has 3 aromatic rings. The van der Waals surface area contributed by atoms with Gasteiger partial charge in [-0.1, -0.05) is 0 Å². The maximum Gasteiger partial charge on any atom is 0.273 e. The number of aromatic nitrogens is 2. The molecule has 0 aliphatic rings. The lowest BCUT2D eigenvalue weighted by atomic mass is 10.3. The van der Waals surface area contributed by atoms with Crippen LogP contribution in [-0.2, 0) is 13.0 Å². The number of hydrogen-bond donors (Lipinski definition) is 1. The molecule has 0 aliphatic heterocycles. The number of hydrogen-bond acceptors (Lipinski definition) is 6. The first kappa shape index (κ1) is 17.1. The Labute approximate surface area is 147 Å². The van der Waals surface area contributed by atoms with Crippen LogP contribution in [-0.4, -0.2) is 22.4 Å². The molecule has 25 heavy (non-hydrogen) atoms. The summed E-state index contributed by atoms with van der Waals surface area (Å²) in [5.74, 6) is 0.119. The predicted octanol–water partition coefficient (Wildman–Crippen LogP) is 3.13. The molecule has 0 saturated heterocycles. The van der Waals surface area contributed by atoms with Gasteiger partial charge in [-0.25, -0.2) is 14.4 Å². The summed E-state index contributed by atoms with van der Waals surface area (Å²) in [5.41, 5.74) is 2.97. The lowest BCUT2D eigenvalue weighted by molar-refractivity contribution is 0.0949. The summed E-state index contributed by atoms with van der Waals surface area (Å²) < 4.78 is 23.5. The number of carbonyl (C=O) groups is 1. The third-order valence-corrected chi connectivity index (χ3v) is 4.44. The van der Waals surface area contributed by atoms with E-state index < -0.39 is 0 Å². The van der Waals surface area contributed by atoms with E-state index in [1.807, 2.05) is 6.92 Å². The number of amides is 1. The SMILES string of the molecule is Cc1ncsc1CCNC(=O)c1coc(COc2ccc(F)cc2)n1. The van der Waals surface area contributed by atoms with Crippen molar-refractivity contribution in [3.05, 3.63) is 64.0 Å². The van der Waals surface area contributed by atoms with E-state index in [9.17, 15) is 9.18 Å². The lowest BCUT2D eigenvalue weighted by Gasteiger charge is -2.03. The second-order valence-corrected chi connectivity index (χ2v) is 6.18. The molecule has 1 N–H and O–H groups in total. The highest BCUT2D eigenvalue weighted by atomic mass is 32.1. The molecule has 0 unspecified atom stereocenters. The number of oxazole rings is 1. The summed E-state index contributed by atoms with van der Waals surface area (Å²) >= 11 is 1.57. The highest BCUT2D eigenvalue weighted by molar-refractivity contribution is 7.09. The molecule has 1 amide bonds. The molecule has 2 aromatic heterocycles. The van der Waals surface area contributed by atoms with Gasteiger partial charge in [-0.3, -0.25) is 4.79 Å². The third kappa shape index (κ3) is 4.63. The zero-order chi connectivity index (χ0) is 17.6. The quantitative estimate of drug-likeness (QED) is 0.700. The van der Waals surface area contributed by atoms with E-state index in [2.05, 4.69) is 15.3 Å². The summed E-state index contributed by atoms with van der Waals surface area (Å²) in [6.45, 7) is 2.49. The highest BCUT2D eigenvalue weighted by Gasteiger charge is 2.12. The first-order valence-corrected chi connectivity index (χ1v) is 8.49. The van der Waals surface area contributed by atoms with Crippen LogP contribution in [0.3, 0.4) is 0 Å². The normalized spacial score (nSPS) is 10.6. The Morgan fingerprint density at radius 3 is 2.88 bits per heavy atom. The minimum atomic E-state index is -0.337. The molecule has 0 radical (unpaired) electrons. The molecule has 0 aliphatic carbocycles. The van der Waals surface area contributed by atoms with Crippen molar-refractivity contribution in [1.82, 2.24) is 15.3 Å². The number of thiazole rings is 1. The molecule has 0 fully saturated rings. The number of benzene rings is 1. The first-order valence-electron chi connectivity index (χ1n) is 7.62. The van der Waals surface area contributed by atoms with Gasteiger partial charge in [0.25, 0.3) is 5.91 Å². The largest absolute Gasteiger partial charge is 0.484 e. The zero-order valence-electron chi connectivity index (χ0n) is 13.5. The van der Waals surface area contributed by atoms with Gasteiger partial charge in [0, 0.05) is 17.8 Å². The third-order valence-electron chi connectivity index (χ3n) is 3.44. The molecule has 8 heteroatoms. The average molecular weight is 361 g/mol. The van der Waals surface area contributed by atoms with Gasteiger partial charge in [-0.05, 0) is 31.2 Å². The summed E-state index contributed by atoms with van der Waals surface area (Å²) in [4.78, 5) is 21.5. The summed E-state index contributed by atoms with van der Waals surface area (Å²) in [6, 6.07) is 5.61. The Bertz CT molecular complexity index is 845. The molecule has 0 saturated carbocycles. The topological polar surface area (TPSA) is 77.2 Å². The second kappa shape index (κ2) is 7.89. The van der Waals surface area contributed by atoms with E-state index in [1.54, 1.807) is 16.8 Å². The van der Waals surface area contributed by atoms with Crippen LogP contribution in [0.5, 0.6) is 5.75 Å². The van der Waals surface area contributed by atoms with Crippen molar-refractivity contribution in [2.45, 2.75) is 20.0 Å². The van der Waals surface area contributed by atoms with E-state index in [-0.39, 0.29) is 29.9 Å². The van der Waals surface area contributed by atoms with Gasteiger partial charge in [0.15, 0.2) is 12.3 Å². The highest BCUT2D eigenvalue weighted by Crippen LogP contribution is 2.14. The van der Waals surface area contributed by atoms with E-state index in [1.165, 1.54) is 30.5 Å². The van der Waals surface area contributed by atoms with E-state index in [4.69, 9.17) is 9.15 Å². The Hall–Kier alpha value is -2.74. The number of halogens is 1. The molecule has 0 atom stereocenters. The number of ether oxygens (including phenoxy) is 1. The summed E-state index contributed by atoms with van der Waals surface area (Å²) in [7, 11) is 0. The zero-order valence-corrected chi connectivity index (χ0v) is 14.3. The number of rotatable bonds is 7. The second-order valence-electron chi connectivity index (χ2n) is 5.24. The van der Waals surface area contributed by atoms with Gasteiger partial charge in [-0.2, -0.15) is 0 Å². The number of nitrogens with zero attached hydrogens (tertiary/aromatic N) is 2. The Morgan fingerprint density at radius 1 is 1.36 bits per heavy atom. The fraction of sp³-hybridized carbons (Fsp3) is 0.235. The van der Waals surface area contributed by atoms with Gasteiger partial charge in [0.05, 0.1) is 11.2 Å². The van der Waals surface area contributed by atoms with Crippen molar-refractivity contribution in [2.24, 2.45) is 0 Å². The molecule has 2 heterocycles. The average Bonchev–Trinajstić information content (AvgIpc) is 3.24. The van der Waals surface area contributed by atoms with Gasteiger partial charge in [-0.15, -0.1) is 11.3 Å². The first-order chi connectivity index (χ1) is 12.1. The van der Waals surface area contributed by atoms with Crippen molar-refractivity contribution in [3.8, 4) is 5.75 Å². The lowest BCUT2D eigenvalue weighted by Crippen LogP contribution is -2.26. The minimum absolute atomic E-state index is 0.0545. The molecule has 3 rings (SSSR count). The molecular weight excluding hydrogens is 345 g/mol. The van der Waals surface area contributed by atoms with Crippen molar-refractivity contribution in [1.29, 1.82) is 0 Å². The molecule has 6 nitrogen and oxygen atoms in total. The Balaban J connectivity index is 1.47. The number of carbonyl (C=O) groups excluding carboxylic acids is 1. The van der Waals surface area contributed by atoms with Crippen molar-refractivity contribution < 1.29 is 18.3 Å². The van der Waals surface area contributed by atoms with Crippen LogP contribution in [0.4, 0.5) is 4.39 Å². The molecular formula is C17H16FN3O3S. The van der Waals surface area contributed by atoms with Crippen LogP contribution in [0.25, 0.3) is 0 Å². The molecule has 0 bridgehead atoms.